The summed E-state index contributed by atoms with van der Waals surface area (Å²) in [5.74, 6) is 1.63. The SMILES string of the molecule is CN=C(NCc1ccc(OC(C)C)nc1)N1CCC2(CCOC2)C1. The first-order valence-electron chi connectivity index (χ1n) is 8.75. The lowest BCUT2D eigenvalue weighted by Gasteiger charge is -2.25. The highest BCUT2D eigenvalue weighted by Gasteiger charge is 2.42. The lowest BCUT2D eigenvalue weighted by molar-refractivity contribution is 0.156. The van der Waals surface area contributed by atoms with Gasteiger partial charge in [0.15, 0.2) is 5.96 Å². The van der Waals surface area contributed by atoms with Crippen molar-refractivity contribution in [3.05, 3.63) is 23.9 Å². The van der Waals surface area contributed by atoms with Crippen molar-refractivity contribution in [2.45, 2.75) is 39.3 Å². The largest absolute Gasteiger partial charge is 0.475 e. The summed E-state index contributed by atoms with van der Waals surface area (Å²) in [4.78, 5) is 11.1. The van der Waals surface area contributed by atoms with Gasteiger partial charge < -0.3 is 19.7 Å². The number of guanidine groups is 1. The smallest absolute Gasteiger partial charge is 0.213 e. The molecule has 0 radical (unpaired) electrons. The van der Waals surface area contributed by atoms with Gasteiger partial charge in [-0.15, -0.1) is 0 Å². The number of aromatic nitrogens is 1. The standard InChI is InChI=1S/C18H28N4O2/c1-14(2)24-16-5-4-15(10-20-16)11-21-17(19-3)22-8-6-18(12-22)7-9-23-13-18/h4-5,10,14H,6-9,11-13H2,1-3H3,(H,19,21). The van der Waals surface area contributed by atoms with E-state index in [0.29, 0.717) is 17.8 Å². The number of pyridine rings is 1. The van der Waals surface area contributed by atoms with E-state index in [2.05, 4.69) is 20.2 Å². The molecule has 0 saturated carbocycles. The first-order chi connectivity index (χ1) is 11.6. The van der Waals surface area contributed by atoms with Gasteiger partial charge in [0, 0.05) is 51.0 Å². The summed E-state index contributed by atoms with van der Waals surface area (Å²) in [6, 6.07) is 3.96. The Balaban J connectivity index is 1.53. The van der Waals surface area contributed by atoms with E-state index in [-0.39, 0.29) is 6.10 Å². The van der Waals surface area contributed by atoms with E-state index in [9.17, 15) is 0 Å². The fourth-order valence-electron chi connectivity index (χ4n) is 3.43. The third kappa shape index (κ3) is 3.98. The zero-order chi connectivity index (χ0) is 17.0. The molecular formula is C18H28N4O2. The molecule has 0 amide bonds. The molecule has 1 atom stereocenters. The van der Waals surface area contributed by atoms with Crippen LogP contribution in [0.1, 0.15) is 32.3 Å². The van der Waals surface area contributed by atoms with Gasteiger partial charge in [0.1, 0.15) is 0 Å². The first-order valence-corrected chi connectivity index (χ1v) is 8.75. The normalized spacial score (nSPS) is 24.2. The average Bonchev–Trinajstić information content (AvgIpc) is 3.20. The number of aliphatic imine (C=N–C) groups is 1. The molecule has 0 bridgehead atoms. The molecule has 24 heavy (non-hydrogen) atoms. The lowest BCUT2D eigenvalue weighted by Crippen LogP contribution is -2.41. The van der Waals surface area contributed by atoms with Crippen molar-refractivity contribution >= 4 is 5.96 Å². The Labute approximate surface area is 144 Å². The summed E-state index contributed by atoms with van der Waals surface area (Å²) < 4.78 is 11.2. The van der Waals surface area contributed by atoms with Crippen LogP contribution in [0.15, 0.2) is 23.3 Å². The molecule has 6 heteroatoms. The van der Waals surface area contributed by atoms with Crippen molar-refractivity contribution in [1.29, 1.82) is 0 Å². The zero-order valence-electron chi connectivity index (χ0n) is 14.9. The number of nitrogens with zero attached hydrogens (tertiary/aromatic N) is 3. The molecule has 2 saturated heterocycles. The van der Waals surface area contributed by atoms with Crippen LogP contribution < -0.4 is 10.1 Å². The number of nitrogens with one attached hydrogen (secondary N) is 1. The number of hydrogen-bond donors (Lipinski definition) is 1. The average molecular weight is 332 g/mol. The van der Waals surface area contributed by atoms with Gasteiger partial charge in [0.2, 0.25) is 5.88 Å². The highest BCUT2D eigenvalue weighted by molar-refractivity contribution is 5.80. The molecule has 2 fully saturated rings. The molecule has 2 aliphatic heterocycles. The summed E-state index contributed by atoms with van der Waals surface area (Å²) in [5, 5.41) is 3.45. The van der Waals surface area contributed by atoms with Crippen molar-refractivity contribution in [2.75, 3.05) is 33.4 Å². The number of likely N-dealkylation sites (tertiary alicyclic amines) is 1. The predicted octanol–water partition coefficient (Wildman–Crippen LogP) is 2.06. The van der Waals surface area contributed by atoms with Crippen LogP contribution in [-0.4, -0.2) is 55.3 Å². The summed E-state index contributed by atoms with van der Waals surface area (Å²) >= 11 is 0. The maximum Gasteiger partial charge on any atom is 0.213 e. The molecule has 1 aromatic rings. The summed E-state index contributed by atoms with van der Waals surface area (Å²) in [5.41, 5.74) is 1.46. The van der Waals surface area contributed by atoms with Crippen molar-refractivity contribution in [3.8, 4) is 5.88 Å². The Morgan fingerprint density at radius 2 is 2.33 bits per heavy atom. The fourth-order valence-corrected chi connectivity index (χ4v) is 3.43. The van der Waals surface area contributed by atoms with Gasteiger partial charge in [-0.3, -0.25) is 4.99 Å². The van der Waals surface area contributed by atoms with E-state index in [1.807, 2.05) is 39.2 Å². The summed E-state index contributed by atoms with van der Waals surface area (Å²) in [7, 11) is 1.84. The monoisotopic (exact) mass is 332 g/mol. The van der Waals surface area contributed by atoms with E-state index < -0.39 is 0 Å². The Morgan fingerprint density at radius 3 is 2.96 bits per heavy atom. The molecule has 132 valence electrons. The molecule has 2 aliphatic rings. The predicted molar refractivity (Wildman–Crippen MR) is 94.3 cm³/mol. The molecule has 0 aromatic carbocycles. The van der Waals surface area contributed by atoms with Gasteiger partial charge in [-0.05, 0) is 32.3 Å². The Hall–Kier alpha value is -1.82. The molecule has 0 aliphatic carbocycles. The van der Waals surface area contributed by atoms with Crippen molar-refractivity contribution in [2.24, 2.45) is 10.4 Å². The molecule has 3 heterocycles. The van der Waals surface area contributed by atoms with Crippen LogP contribution in [0.3, 0.4) is 0 Å². The Bertz CT molecular complexity index is 565. The van der Waals surface area contributed by atoms with Crippen LogP contribution >= 0.6 is 0 Å². The minimum atomic E-state index is 0.141. The third-order valence-electron chi connectivity index (χ3n) is 4.74. The van der Waals surface area contributed by atoms with Crippen LogP contribution in [0.4, 0.5) is 0 Å². The second-order valence-electron chi connectivity index (χ2n) is 7.05. The van der Waals surface area contributed by atoms with Crippen LogP contribution in [0.2, 0.25) is 0 Å². The third-order valence-corrected chi connectivity index (χ3v) is 4.74. The quantitative estimate of drug-likeness (QED) is 0.675. The van der Waals surface area contributed by atoms with E-state index in [0.717, 1.165) is 37.8 Å². The molecule has 1 N–H and O–H groups in total. The topological polar surface area (TPSA) is 59.0 Å². The second kappa shape index (κ2) is 7.38. The number of rotatable bonds is 4. The van der Waals surface area contributed by atoms with E-state index in [1.54, 1.807) is 0 Å². The van der Waals surface area contributed by atoms with Gasteiger partial charge in [0.05, 0.1) is 12.7 Å². The van der Waals surface area contributed by atoms with Gasteiger partial charge in [-0.1, -0.05) is 6.07 Å². The zero-order valence-corrected chi connectivity index (χ0v) is 14.9. The Morgan fingerprint density at radius 1 is 1.46 bits per heavy atom. The number of hydrogen-bond acceptors (Lipinski definition) is 4. The first kappa shape index (κ1) is 17.0. The van der Waals surface area contributed by atoms with E-state index >= 15 is 0 Å². The molecule has 1 aromatic heterocycles. The number of ether oxygens (including phenoxy) is 2. The van der Waals surface area contributed by atoms with Gasteiger partial charge in [-0.2, -0.15) is 0 Å². The van der Waals surface area contributed by atoms with Crippen molar-refractivity contribution < 1.29 is 9.47 Å². The summed E-state index contributed by atoms with van der Waals surface area (Å²) in [6.45, 7) is 8.58. The molecule has 1 spiro atoms. The summed E-state index contributed by atoms with van der Waals surface area (Å²) in [6.07, 6.45) is 4.36. The molecule has 6 nitrogen and oxygen atoms in total. The fraction of sp³-hybridized carbons (Fsp3) is 0.667. The van der Waals surface area contributed by atoms with E-state index in [4.69, 9.17) is 9.47 Å². The minimum absolute atomic E-state index is 0.141. The van der Waals surface area contributed by atoms with Gasteiger partial charge in [-0.25, -0.2) is 4.98 Å². The maximum absolute atomic E-state index is 5.60. The molecular weight excluding hydrogens is 304 g/mol. The minimum Gasteiger partial charge on any atom is -0.475 e. The highest BCUT2D eigenvalue weighted by atomic mass is 16.5. The van der Waals surface area contributed by atoms with Crippen molar-refractivity contribution in [1.82, 2.24) is 15.2 Å². The highest BCUT2D eigenvalue weighted by Crippen LogP contribution is 2.38. The van der Waals surface area contributed by atoms with Gasteiger partial charge >= 0.3 is 0 Å². The van der Waals surface area contributed by atoms with Crippen LogP contribution in [0.25, 0.3) is 0 Å². The van der Waals surface area contributed by atoms with Crippen molar-refractivity contribution in [3.63, 3.8) is 0 Å². The molecule has 3 rings (SSSR count). The van der Waals surface area contributed by atoms with Gasteiger partial charge in [0.25, 0.3) is 0 Å². The Kier molecular flexibility index (Phi) is 5.23. The maximum atomic E-state index is 5.60. The molecule has 1 unspecified atom stereocenters. The van der Waals surface area contributed by atoms with Crippen LogP contribution in [-0.2, 0) is 11.3 Å². The van der Waals surface area contributed by atoms with Crippen LogP contribution in [0.5, 0.6) is 5.88 Å². The lowest BCUT2D eigenvalue weighted by atomic mass is 9.87. The second-order valence-corrected chi connectivity index (χ2v) is 7.05. The van der Waals surface area contributed by atoms with E-state index in [1.165, 1.54) is 12.8 Å². The van der Waals surface area contributed by atoms with Crippen LogP contribution in [0, 0.1) is 5.41 Å².